The van der Waals surface area contributed by atoms with E-state index in [1.807, 2.05) is 30.3 Å². The summed E-state index contributed by atoms with van der Waals surface area (Å²) in [4.78, 5) is 2.45. The topological polar surface area (TPSA) is 35.5 Å². The monoisotopic (exact) mass is 262 g/mol. The summed E-state index contributed by atoms with van der Waals surface area (Å²) >= 11 is 0. The van der Waals surface area contributed by atoms with Gasteiger partial charge in [-0.3, -0.25) is 4.90 Å². The fourth-order valence-corrected chi connectivity index (χ4v) is 2.90. The van der Waals surface area contributed by atoms with Gasteiger partial charge in [-0.15, -0.1) is 0 Å². The molecule has 0 spiro atoms. The summed E-state index contributed by atoms with van der Waals surface area (Å²) in [6.45, 7) is 7.33. The minimum absolute atomic E-state index is 0.290. The minimum atomic E-state index is -0.290. The van der Waals surface area contributed by atoms with Gasteiger partial charge in [0.15, 0.2) is 0 Å². The first-order valence-corrected chi connectivity index (χ1v) is 7.38. The average molecular weight is 262 g/mol. The van der Waals surface area contributed by atoms with Crippen molar-refractivity contribution in [1.29, 1.82) is 0 Å². The fourth-order valence-electron chi connectivity index (χ4n) is 2.90. The minimum Gasteiger partial charge on any atom is -0.390 e. The molecule has 2 rings (SSSR count). The van der Waals surface area contributed by atoms with Gasteiger partial charge in [0.05, 0.1) is 6.10 Å². The number of benzene rings is 1. The first-order chi connectivity index (χ1) is 9.16. The van der Waals surface area contributed by atoms with Gasteiger partial charge in [0.25, 0.3) is 0 Å². The molecule has 0 amide bonds. The van der Waals surface area contributed by atoms with Crippen LogP contribution in [0.2, 0.25) is 0 Å². The number of nitrogens with zero attached hydrogens (tertiary/aromatic N) is 1. The average Bonchev–Trinajstić information content (AvgIpc) is 2.84. The highest BCUT2D eigenvalue weighted by atomic mass is 16.3. The molecule has 0 bridgehead atoms. The van der Waals surface area contributed by atoms with Crippen molar-refractivity contribution < 1.29 is 5.11 Å². The van der Waals surface area contributed by atoms with E-state index in [1.165, 1.54) is 6.42 Å². The Hall–Kier alpha value is -1.06. The molecule has 1 aliphatic rings. The Morgan fingerprint density at radius 1 is 1.32 bits per heavy atom. The molecule has 1 aromatic carbocycles. The van der Waals surface area contributed by atoms with E-state index in [1.54, 1.807) is 0 Å². The predicted molar refractivity (Wildman–Crippen MR) is 80.4 cm³/mol. The van der Waals surface area contributed by atoms with Crippen molar-refractivity contribution in [3.05, 3.63) is 30.3 Å². The molecular formula is C16H26N2O. The summed E-state index contributed by atoms with van der Waals surface area (Å²) in [6.07, 6.45) is 2.03. The first kappa shape index (κ1) is 14.4. The van der Waals surface area contributed by atoms with Gasteiger partial charge in [0, 0.05) is 24.8 Å². The van der Waals surface area contributed by atoms with Crippen molar-refractivity contribution in [2.45, 2.75) is 38.8 Å². The zero-order valence-corrected chi connectivity index (χ0v) is 12.0. The second-order valence-corrected chi connectivity index (χ2v) is 5.91. The maximum absolute atomic E-state index is 10.4. The summed E-state index contributed by atoms with van der Waals surface area (Å²) in [5.74, 6) is 0.662. The van der Waals surface area contributed by atoms with Gasteiger partial charge in [-0.25, -0.2) is 0 Å². The first-order valence-electron chi connectivity index (χ1n) is 7.38. The molecule has 1 unspecified atom stereocenters. The second-order valence-electron chi connectivity index (χ2n) is 5.91. The van der Waals surface area contributed by atoms with E-state index in [9.17, 15) is 5.11 Å². The zero-order valence-electron chi connectivity index (χ0n) is 12.0. The third kappa shape index (κ3) is 4.22. The van der Waals surface area contributed by atoms with Crippen molar-refractivity contribution >= 4 is 5.69 Å². The molecule has 1 aromatic rings. The van der Waals surface area contributed by atoms with E-state index in [-0.39, 0.29) is 6.10 Å². The molecule has 1 aliphatic heterocycles. The van der Waals surface area contributed by atoms with Crippen molar-refractivity contribution in [2.75, 3.05) is 25.0 Å². The molecular weight excluding hydrogens is 236 g/mol. The smallest absolute Gasteiger partial charge is 0.0867 e. The van der Waals surface area contributed by atoms with Crippen LogP contribution in [0.15, 0.2) is 30.3 Å². The van der Waals surface area contributed by atoms with Crippen molar-refractivity contribution in [3.63, 3.8) is 0 Å². The number of aliphatic hydroxyl groups is 1. The fraction of sp³-hybridized carbons (Fsp3) is 0.625. The SMILES string of the molecule is CC(C)CN1CCC[C@@H]1C(O)CNc1ccccc1. The van der Waals surface area contributed by atoms with E-state index in [0.717, 1.165) is 25.2 Å². The van der Waals surface area contributed by atoms with Crippen LogP contribution in [0.1, 0.15) is 26.7 Å². The quantitative estimate of drug-likeness (QED) is 0.827. The molecule has 2 atom stereocenters. The van der Waals surface area contributed by atoms with Crippen LogP contribution >= 0.6 is 0 Å². The molecule has 3 heteroatoms. The van der Waals surface area contributed by atoms with Crippen LogP contribution in [0.5, 0.6) is 0 Å². The standard InChI is InChI=1S/C16H26N2O/c1-13(2)12-18-10-6-9-15(18)16(19)11-17-14-7-4-3-5-8-14/h3-5,7-8,13,15-17,19H,6,9-12H2,1-2H3/t15-,16?/m1/s1. The van der Waals surface area contributed by atoms with Crippen LogP contribution < -0.4 is 5.32 Å². The number of likely N-dealkylation sites (tertiary alicyclic amines) is 1. The van der Waals surface area contributed by atoms with Gasteiger partial charge in [-0.05, 0) is 37.4 Å². The largest absolute Gasteiger partial charge is 0.390 e. The number of anilines is 1. The molecule has 0 aromatic heterocycles. The van der Waals surface area contributed by atoms with Crippen molar-refractivity contribution in [2.24, 2.45) is 5.92 Å². The molecule has 3 nitrogen and oxygen atoms in total. The van der Waals surface area contributed by atoms with Crippen molar-refractivity contribution in [3.8, 4) is 0 Å². The summed E-state index contributed by atoms with van der Waals surface area (Å²) in [5.41, 5.74) is 1.08. The van der Waals surface area contributed by atoms with Gasteiger partial charge in [-0.2, -0.15) is 0 Å². The lowest BCUT2D eigenvalue weighted by atomic mass is 10.1. The highest BCUT2D eigenvalue weighted by Crippen LogP contribution is 2.21. The molecule has 1 heterocycles. The van der Waals surface area contributed by atoms with Crippen LogP contribution in [-0.4, -0.2) is 41.8 Å². The van der Waals surface area contributed by atoms with Crippen LogP contribution in [0.25, 0.3) is 0 Å². The number of hydrogen-bond donors (Lipinski definition) is 2. The molecule has 106 valence electrons. The number of nitrogens with one attached hydrogen (secondary N) is 1. The van der Waals surface area contributed by atoms with Crippen LogP contribution in [0.4, 0.5) is 5.69 Å². The molecule has 19 heavy (non-hydrogen) atoms. The number of aliphatic hydroxyl groups excluding tert-OH is 1. The maximum atomic E-state index is 10.4. The summed E-state index contributed by atoms with van der Waals surface area (Å²) in [6, 6.07) is 10.4. The Morgan fingerprint density at radius 3 is 2.74 bits per heavy atom. The Kier molecular flexibility index (Phi) is 5.23. The van der Waals surface area contributed by atoms with E-state index >= 15 is 0 Å². The van der Waals surface area contributed by atoms with E-state index < -0.39 is 0 Å². The van der Waals surface area contributed by atoms with Gasteiger partial charge >= 0.3 is 0 Å². The Bertz CT molecular complexity index is 366. The van der Waals surface area contributed by atoms with Crippen LogP contribution in [-0.2, 0) is 0 Å². The van der Waals surface area contributed by atoms with Gasteiger partial charge < -0.3 is 10.4 Å². The molecule has 0 radical (unpaired) electrons. The number of hydrogen-bond acceptors (Lipinski definition) is 3. The van der Waals surface area contributed by atoms with E-state index in [4.69, 9.17) is 0 Å². The van der Waals surface area contributed by atoms with E-state index in [0.29, 0.717) is 18.5 Å². The number of rotatable bonds is 6. The Morgan fingerprint density at radius 2 is 2.05 bits per heavy atom. The highest BCUT2D eigenvalue weighted by molar-refractivity contribution is 5.42. The van der Waals surface area contributed by atoms with Crippen LogP contribution in [0, 0.1) is 5.92 Å². The summed E-state index contributed by atoms with van der Waals surface area (Å²) < 4.78 is 0. The van der Waals surface area contributed by atoms with Gasteiger partial charge in [-0.1, -0.05) is 32.0 Å². The lowest BCUT2D eigenvalue weighted by Gasteiger charge is -2.30. The molecule has 0 saturated carbocycles. The van der Waals surface area contributed by atoms with Crippen molar-refractivity contribution in [1.82, 2.24) is 4.90 Å². The predicted octanol–water partition coefficient (Wildman–Crippen LogP) is 2.58. The third-order valence-electron chi connectivity index (χ3n) is 3.75. The zero-order chi connectivity index (χ0) is 13.7. The number of para-hydroxylation sites is 1. The van der Waals surface area contributed by atoms with E-state index in [2.05, 4.69) is 24.1 Å². The highest BCUT2D eigenvalue weighted by Gasteiger charge is 2.30. The normalized spacial score (nSPS) is 21.8. The van der Waals surface area contributed by atoms with Gasteiger partial charge in [0.1, 0.15) is 0 Å². The molecule has 0 aliphatic carbocycles. The lowest BCUT2D eigenvalue weighted by molar-refractivity contribution is 0.0761. The second kappa shape index (κ2) is 6.92. The third-order valence-corrected chi connectivity index (χ3v) is 3.75. The molecule has 2 N–H and O–H groups in total. The summed E-state index contributed by atoms with van der Waals surface area (Å²) in [7, 11) is 0. The maximum Gasteiger partial charge on any atom is 0.0867 e. The summed E-state index contributed by atoms with van der Waals surface area (Å²) in [5, 5.41) is 13.7. The van der Waals surface area contributed by atoms with Crippen LogP contribution in [0.3, 0.4) is 0 Å². The molecule has 1 saturated heterocycles. The molecule has 1 fully saturated rings. The lowest BCUT2D eigenvalue weighted by Crippen LogP contribution is -2.43. The van der Waals surface area contributed by atoms with Gasteiger partial charge in [0.2, 0.25) is 0 Å². The Balaban J connectivity index is 1.83. The Labute approximate surface area is 116 Å².